The van der Waals surface area contributed by atoms with Crippen LogP contribution in [0, 0.1) is 0 Å². The minimum absolute atomic E-state index is 0.0729. The topological polar surface area (TPSA) is 109 Å². The Hall–Kier alpha value is -3.59. The molecule has 2 aromatic rings. The molecule has 0 radical (unpaired) electrons. The maximum absolute atomic E-state index is 13.3. The van der Waals surface area contributed by atoms with Crippen LogP contribution in [0.5, 0.6) is 5.75 Å². The fourth-order valence-corrected chi connectivity index (χ4v) is 4.23. The molecule has 4 rings (SSSR count). The zero-order valence-electron chi connectivity index (χ0n) is 18.7. The van der Waals surface area contributed by atoms with Crippen molar-refractivity contribution in [3.8, 4) is 5.75 Å². The minimum atomic E-state index is -0.406. The van der Waals surface area contributed by atoms with E-state index in [0.29, 0.717) is 35.5 Å². The standard InChI is InChI=1S/C24H28N4O5/c1-25-22(29)13-17-9-10-19-21(33-17)14-32-20-11-8-16(12-18(20)23(30)28(19)2)27-24(31)26-15-6-4-3-5-7-15/h3-8,11-12,17,19,21H,9-10,13-14H2,1-2H3,(H,25,29)(H2,26,27,31)/t17-,19+,21+/m1/s1. The fourth-order valence-electron chi connectivity index (χ4n) is 4.23. The summed E-state index contributed by atoms with van der Waals surface area (Å²) in [7, 11) is 3.35. The first-order valence-corrected chi connectivity index (χ1v) is 11.0. The van der Waals surface area contributed by atoms with Gasteiger partial charge in [-0.25, -0.2) is 4.79 Å². The van der Waals surface area contributed by atoms with Crippen molar-refractivity contribution in [2.24, 2.45) is 0 Å². The molecular formula is C24H28N4O5. The normalized spacial score (nSPS) is 22.1. The van der Waals surface area contributed by atoms with Crippen molar-refractivity contribution in [2.45, 2.75) is 37.5 Å². The maximum atomic E-state index is 13.3. The number of hydrogen-bond donors (Lipinski definition) is 3. The van der Waals surface area contributed by atoms with E-state index >= 15 is 0 Å². The lowest BCUT2D eigenvalue weighted by molar-refractivity contribution is -0.133. The number of hydrogen-bond acceptors (Lipinski definition) is 5. The van der Waals surface area contributed by atoms with Crippen LogP contribution in [0.4, 0.5) is 16.2 Å². The van der Waals surface area contributed by atoms with Gasteiger partial charge in [0.15, 0.2) is 0 Å². The second-order valence-corrected chi connectivity index (χ2v) is 8.20. The van der Waals surface area contributed by atoms with E-state index in [9.17, 15) is 14.4 Å². The Balaban J connectivity index is 1.47. The number of rotatable bonds is 4. The Morgan fingerprint density at radius 3 is 2.58 bits per heavy atom. The van der Waals surface area contributed by atoms with Gasteiger partial charge in [0.1, 0.15) is 18.5 Å². The highest BCUT2D eigenvalue weighted by atomic mass is 16.5. The summed E-state index contributed by atoms with van der Waals surface area (Å²) in [6.45, 7) is 0.265. The van der Waals surface area contributed by atoms with Gasteiger partial charge in [-0.05, 0) is 43.2 Å². The molecule has 2 aliphatic heterocycles. The highest BCUT2D eigenvalue weighted by Gasteiger charge is 2.39. The molecule has 3 N–H and O–H groups in total. The minimum Gasteiger partial charge on any atom is -0.490 e. The van der Waals surface area contributed by atoms with Gasteiger partial charge in [0.05, 0.1) is 24.1 Å². The first-order chi connectivity index (χ1) is 15.9. The number of fused-ring (bicyclic) bond motifs is 2. The summed E-state index contributed by atoms with van der Waals surface area (Å²) in [5.41, 5.74) is 1.52. The van der Waals surface area contributed by atoms with Gasteiger partial charge >= 0.3 is 6.03 Å². The molecule has 0 saturated carbocycles. The van der Waals surface area contributed by atoms with Gasteiger partial charge in [-0.3, -0.25) is 9.59 Å². The summed E-state index contributed by atoms with van der Waals surface area (Å²) < 4.78 is 12.1. The van der Waals surface area contributed by atoms with Gasteiger partial charge in [0.25, 0.3) is 5.91 Å². The van der Waals surface area contributed by atoms with Gasteiger partial charge in [-0.15, -0.1) is 0 Å². The van der Waals surface area contributed by atoms with Crippen molar-refractivity contribution < 1.29 is 23.9 Å². The number of carbonyl (C=O) groups excluding carboxylic acids is 3. The Morgan fingerprint density at radius 1 is 1.06 bits per heavy atom. The summed E-state index contributed by atoms with van der Waals surface area (Å²) in [6.07, 6.45) is 1.15. The molecule has 33 heavy (non-hydrogen) atoms. The van der Waals surface area contributed by atoms with Crippen LogP contribution in [0.25, 0.3) is 0 Å². The molecule has 2 heterocycles. The first kappa shape index (κ1) is 22.6. The lowest BCUT2D eigenvalue weighted by Crippen LogP contribution is -2.53. The molecule has 174 valence electrons. The molecule has 0 bridgehead atoms. The summed E-state index contributed by atoms with van der Waals surface area (Å²) in [6, 6.07) is 13.5. The number of nitrogens with zero attached hydrogens (tertiary/aromatic N) is 1. The molecule has 0 aromatic heterocycles. The van der Waals surface area contributed by atoms with Gasteiger partial charge in [-0.1, -0.05) is 18.2 Å². The average molecular weight is 453 g/mol. The van der Waals surface area contributed by atoms with E-state index in [1.165, 1.54) is 0 Å². The van der Waals surface area contributed by atoms with Crippen LogP contribution in [0.2, 0.25) is 0 Å². The zero-order chi connectivity index (χ0) is 23.4. The number of para-hydroxylation sites is 1. The van der Waals surface area contributed by atoms with Crippen LogP contribution in [-0.2, 0) is 9.53 Å². The Bertz CT molecular complexity index is 1030. The fraction of sp³-hybridized carbons (Fsp3) is 0.375. The van der Waals surface area contributed by atoms with Crippen molar-refractivity contribution in [2.75, 3.05) is 31.3 Å². The van der Waals surface area contributed by atoms with E-state index in [4.69, 9.17) is 9.47 Å². The third-order valence-corrected chi connectivity index (χ3v) is 5.99. The molecule has 2 aromatic carbocycles. The van der Waals surface area contributed by atoms with Crippen molar-refractivity contribution in [1.82, 2.24) is 10.2 Å². The number of anilines is 2. The predicted octanol–water partition coefficient (Wildman–Crippen LogP) is 2.85. The number of carbonyl (C=O) groups is 3. The third kappa shape index (κ3) is 5.25. The summed E-state index contributed by atoms with van der Waals surface area (Å²) in [4.78, 5) is 39.0. The molecule has 9 heteroatoms. The summed E-state index contributed by atoms with van der Waals surface area (Å²) in [5, 5.41) is 8.13. The molecule has 1 saturated heterocycles. The zero-order valence-corrected chi connectivity index (χ0v) is 18.7. The van der Waals surface area contributed by atoms with Crippen molar-refractivity contribution in [3.05, 3.63) is 54.1 Å². The molecular weight excluding hydrogens is 424 g/mol. The summed E-state index contributed by atoms with van der Waals surface area (Å²) in [5.74, 6) is 0.146. The predicted molar refractivity (Wildman–Crippen MR) is 123 cm³/mol. The molecule has 9 nitrogen and oxygen atoms in total. The number of nitrogens with one attached hydrogen (secondary N) is 3. The van der Waals surface area contributed by atoms with Gasteiger partial charge in [-0.2, -0.15) is 0 Å². The smallest absolute Gasteiger partial charge is 0.323 e. The van der Waals surface area contributed by atoms with E-state index in [0.717, 1.165) is 0 Å². The summed E-state index contributed by atoms with van der Waals surface area (Å²) >= 11 is 0. The van der Waals surface area contributed by atoms with E-state index in [1.54, 1.807) is 49.3 Å². The quantitative estimate of drug-likeness (QED) is 0.661. The number of ether oxygens (including phenoxy) is 2. The van der Waals surface area contributed by atoms with Gasteiger partial charge in [0, 0.05) is 25.5 Å². The van der Waals surface area contributed by atoms with Crippen molar-refractivity contribution in [1.29, 1.82) is 0 Å². The highest BCUT2D eigenvalue weighted by molar-refractivity contribution is 6.02. The van der Waals surface area contributed by atoms with Crippen molar-refractivity contribution >= 4 is 29.2 Å². The van der Waals surface area contributed by atoms with Crippen molar-refractivity contribution in [3.63, 3.8) is 0 Å². The second kappa shape index (κ2) is 9.91. The lowest BCUT2D eigenvalue weighted by Gasteiger charge is -2.42. The largest absolute Gasteiger partial charge is 0.490 e. The molecule has 0 spiro atoms. The van der Waals surface area contributed by atoms with Gasteiger partial charge in [0.2, 0.25) is 5.91 Å². The lowest BCUT2D eigenvalue weighted by atomic mass is 9.94. The van der Waals surface area contributed by atoms with Crippen LogP contribution in [0.3, 0.4) is 0 Å². The Labute approximate surface area is 192 Å². The monoisotopic (exact) mass is 452 g/mol. The SMILES string of the molecule is CNC(=O)C[C@H]1CC[C@H]2[C@H](COc3ccc(NC(=O)Nc4ccccc4)cc3C(=O)N2C)O1. The third-order valence-electron chi connectivity index (χ3n) is 5.99. The molecule has 4 amide bonds. The Kier molecular flexibility index (Phi) is 6.79. The van der Waals surface area contributed by atoms with E-state index in [2.05, 4.69) is 16.0 Å². The van der Waals surface area contributed by atoms with Gasteiger partial charge < -0.3 is 30.3 Å². The average Bonchev–Trinajstić information content (AvgIpc) is 2.82. The number of benzene rings is 2. The Morgan fingerprint density at radius 2 is 1.82 bits per heavy atom. The van der Waals surface area contributed by atoms with Crippen LogP contribution in [0.15, 0.2) is 48.5 Å². The van der Waals surface area contributed by atoms with Crippen LogP contribution in [0.1, 0.15) is 29.6 Å². The number of urea groups is 1. The molecule has 0 aliphatic carbocycles. The van der Waals surface area contributed by atoms with E-state index in [1.807, 2.05) is 18.2 Å². The molecule has 2 aliphatic rings. The molecule has 3 atom stereocenters. The molecule has 0 unspecified atom stereocenters. The van der Waals surface area contributed by atoms with E-state index < -0.39 is 6.03 Å². The van der Waals surface area contributed by atoms with Crippen LogP contribution < -0.4 is 20.7 Å². The molecule has 1 fully saturated rings. The van der Waals surface area contributed by atoms with Crippen LogP contribution in [-0.4, -0.2) is 61.7 Å². The first-order valence-electron chi connectivity index (χ1n) is 11.0. The maximum Gasteiger partial charge on any atom is 0.323 e. The number of likely N-dealkylation sites (N-methyl/N-ethyl adjacent to an activating group) is 1. The second-order valence-electron chi connectivity index (χ2n) is 8.20. The van der Waals surface area contributed by atoms with E-state index in [-0.39, 0.29) is 43.1 Å². The highest BCUT2D eigenvalue weighted by Crippen LogP contribution is 2.32. The number of amides is 4. The van der Waals surface area contributed by atoms with Crippen LogP contribution >= 0.6 is 0 Å².